The first-order chi connectivity index (χ1) is 12.4. The highest BCUT2D eigenvalue weighted by Gasteiger charge is 2.27. The third-order valence-corrected chi connectivity index (χ3v) is 5.07. The topological polar surface area (TPSA) is 34.9 Å². The van der Waals surface area contributed by atoms with E-state index in [4.69, 9.17) is 4.98 Å². The number of aromatic nitrogens is 2. The predicted molar refractivity (Wildman–Crippen MR) is 103 cm³/mol. The molecule has 0 saturated heterocycles. The fourth-order valence-electron chi connectivity index (χ4n) is 3.48. The molecule has 2 aromatic carbocycles. The van der Waals surface area contributed by atoms with Gasteiger partial charge in [0.15, 0.2) is 0 Å². The van der Waals surface area contributed by atoms with Crippen molar-refractivity contribution in [2.45, 2.75) is 33.2 Å². The summed E-state index contributed by atoms with van der Waals surface area (Å²) in [5.74, 6) is 0.603. The Bertz CT molecular complexity index is 1080. The van der Waals surface area contributed by atoms with Crippen molar-refractivity contribution in [2.75, 3.05) is 0 Å². The SMILES string of the molecule is CC1(C)CCn2c(nc3cc(C=Cc4ccccc4F)ccc3c2=O)C1. The zero-order valence-electron chi connectivity index (χ0n) is 15.0. The minimum atomic E-state index is -0.253. The van der Waals surface area contributed by atoms with Crippen molar-refractivity contribution in [1.29, 1.82) is 0 Å². The summed E-state index contributed by atoms with van der Waals surface area (Å²) in [7, 11) is 0. The molecular formula is C22H21FN2O. The van der Waals surface area contributed by atoms with Crippen LogP contribution in [-0.2, 0) is 13.0 Å². The molecule has 0 atom stereocenters. The van der Waals surface area contributed by atoms with Gasteiger partial charge in [0, 0.05) is 18.5 Å². The Morgan fingerprint density at radius 2 is 1.96 bits per heavy atom. The summed E-state index contributed by atoms with van der Waals surface area (Å²) in [5.41, 5.74) is 2.33. The molecule has 4 heteroatoms. The summed E-state index contributed by atoms with van der Waals surface area (Å²) >= 11 is 0. The number of benzene rings is 2. The van der Waals surface area contributed by atoms with Gasteiger partial charge in [-0.25, -0.2) is 9.37 Å². The summed E-state index contributed by atoms with van der Waals surface area (Å²) in [5, 5.41) is 0.636. The summed E-state index contributed by atoms with van der Waals surface area (Å²) < 4.78 is 15.6. The number of hydrogen-bond donors (Lipinski definition) is 0. The Labute approximate surface area is 151 Å². The quantitative estimate of drug-likeness (QED) is 0.630. The van der Waals surface area contributed by atoms with E-state index < -0.39 is 0 Å². The van der Waals surface area contributed by atoms with Gasteiger partial charge in [0.25, 0.3) is 5.56 Å². The van der Waals surface area contributed by atoms with Crippen LogP contribution in [0.1, 0.15) is 37.2 Å². The monoisotopic (exact) mass is 348 g/mol. The zero-order chi connectivity index (χ0) is 18.3. The highest BCUT2D eigenvalue weighted by Crippen LogP contribution is 2.30. The van der Waals surface area contributed by atoms with Gasteiger partial charge < -0.3 is 0 Å². The highest BCUT2D eigenvalue weighted by atomic mass is 19.1. The van der Waals surface area contributed by atoms with Gasteiger partial charge in [0.1, 0.15) is 11.6 Å². The Balaban J connectivity index is 1.76. The lowest BCUT2D eigenvalue weighted by atomic mass is 9.83. The van der Waals surface area contributed by atoms with Gasteiger partial charge in [0.2, 0.25) is 0 Å². The molecule has 1 aliphatic rings. The fraction of sp³-hybridized carbons (Fsp3) is 0.273. The third-order valence-electron chi connectivity index (χ3n) is 5.07. The maximum atomic E-state index is 13.8. The van der Waals surface area contributed by atoms with E-state index in [0.29, 0.717) is 16.5 Å². The maximum absolute atomic E-state index is 13.8. The molecule has 0 saturated carbocycles. The van der Waals surface area contributed by atoms with Crippen LogP contribution in [0.15, 0.2) is 47.3 Å². The van der Waals surface area contributed by atoms with Crippen molar-refractivity contribution < 1.29 is 4.39 Å². The second-order valence-corrected chi connectivity index (χ2v) is 7.71. The molecule has 0 N–H and O–H groups in total. The summed E-state index contributed by atoms with van der Waals surface area (Å²) in [4.78, 5) is 17.5. The molecule has 2 heterocycles. The molecule has 0 fully saturated rings. The number of fused-ring (bicyclic) bond motifs is 2. The molecule has 3 aromatic rings. The minimum Gasteiger partial charge on any atom is -0.296 e. The van der Waals surface area contributed by atoms with E-state index in [1.165, 1.54) is 6.07 Å². The molecule has 0 spiro atoms. The van der Waals surface area contributed by atoms with E-state index in [-0.39, 0.29) is 16.8 Å². The number of halogens is 1. The number of hydrogen-bond acceptors (Lipinski definition) is 2. The van der Waals surface area contributed by atoms with Gasteiger partial charge in [-0.05, 0) is 35.6 Å². The lowest BCUT2D eigenvalue weighted by Crippen LogP contribution is -2.35. The Kier molecular flexibility index (Phi) is 3.98. The number of rotatable bonds is 2. The molecule has 1 aromatic heterocycles. The van der Waals surface area contributed by atoms with Gasteiger partial charge >= 0.3 is 0 Å². The minimum absolute atomic E-state index is 0.0325. The molecule has 26 heavy (non-hydrogen) atoms. The first kappa shape index (κ1) is 16.7. The van der Waals surface area contributed by atoms with Crippen LogP contribution in [0.3, 0.4) is 0 Å². The predicted octanol–water partition coefficient (Wildman–Crippen LogP) is 4.68. The van der Waals surface area contributed by atoms with Crippen molar-refractivity contribution >= 4 is 23.1 Å². The van der Waals surface area contributed by atoms with Gasteiger partial charge in [-0.2, -0.15) is 0 Å². The zero-order valence-corrected chi connectivity index (χ0v) is 15.0. The van der Waals surface area contributed by atoms with Gasteiger partial charge in [-0.15, -0.1) is 0 Å². The average Bonchev–Trinajstić information content (AvgIpc) is 2.60. The average molecular weight is 348 g/mol. The second kappa shape index (κ2) is 6.20. The van der Waals surface area contributed by atoms with Gasteiger partial charge in [0.05, 0.1) is 10.9 Å². The smallest absolute Gasteiger partial charge is 0.261 e. The van der Waals surface area contributed by atoms with Crippen molar-refractivity contribution in [3.05, 3.63) is 75.6 Å². The molecule has 0 bridgehead atoms. The van der Waals surface area contributed by atoms with E-state index in [9.17, 15) is 9.18 Å². The molecule has 3 nitrogen and oxygen atoms in total. The van der Waals surface area contributed by atoms with Crippen LogP contribution in [0.5, 0.6) is 0 Å². The van der Waals surface area contributed by atoms with E-state index in [0.717, 1.165) is 30.8 Å². The Hall–Kier alpha value is -2.75. The van der Waals surface area contributed by atoms with Crippen molar-refractivity contribution in [2.24, 2.45) is 5.41 Å². The lowest BCUT2D eigenvalue weighted by molar-refractivity contribution is 0.261. The molecule has 0 radical (unpaired) electrons. The van der Waals surface area contributed by atoms with E-state index in [1.807, 2.05) is 28.8 Å². The second-order valence-electron chi connectivity index (χ2n) is 7.71. The van der Waals surface area contributed by atoms with Crippen LogP contribution < -0.4 is 5.56 Å². The van der Waals surface area contributed by atoms with Gasteiger partial charge in [-0.1, -0.05) is 50.3 Å². The highest BCUT2D eigenvalue weighted by molar-refractivity contribution is 5.82. The van der Waals surface area contributed by atoms with Crippen molar-refractivity contribution in [1.82, 2.24) is 9.55 Å². The third kappa shape index (κ3) is 3.07. The first-order valence-corrected chi connectivity index (χ1v) is 8.89. The lowest BCUT2D eigenvalue weighted by Gasteiger charge is -2.31. The normalized spacial score (nSPS) is 16.1. The summed E-state index contributed by atoms with van der Waals surface area (Å²) in [6.45, 7) is 5.14. The standard InChI is InChI=1S/C22H21FN2O/c1-22(2)11-12-25-20(14-22)24-19-13-15(8-10-17(19)21(25)26)7-9-16-5-3-4-6-18(16)23/h3-10,13H,11-12,14H2,1-2H3. The fourth-order valence-corrected chi connectivity index (χ4v) is 3.48. The summed E-state index contributed by atoms with van der Waals surface area (Å²) in [6, 6.07) is 12.2. The number of nitrogens with zero attached hydrogens (tertiary/aromatic N) is 2. The van der Waals surface area contributed by atoms with E-state index in [2.05, 4.69) is 13.8 Å². The van der Waals surface area contributed by atoms with Crippen LogP contribution in [0, 0.1) is 11.2 Å². The first-order valence-electron chi connectivity index (χ1n) is 8.89. The van der Waals surface area contributed by atoms with Gasteiger partial charge in [-0.3, -0.25) is 9.36 Å². The van der Waals surface area contributed by atoms with Crippen LogP contribution in [-0.4, -0.2) is 9.55 Å². The molecule has 0 unspecified atom stereocenters. The van der Waals surface area contributed by atoms with Crippen LogP contribution in [0.25, 0.3) is 23.1 Å². The Morgan fingerprint density at radius 1 is 1.15 bits per heavy atom. The molecule has 132 valence electrons. The van der Waals surface area contributed by atoms with Crippen molar-refractivity contribution in [3.63, 3.8) is 0 Å². The summed E-state index contributed by atoms with van der Waals surface area (Å²) in [6.07, 6.45) is 5.37. The molecule has 0 aliphatic carbocycles. The van der Waals surface area contributed by atoms with E-state index in [1.54, 1.807) is 24.3 Å². The van der Waals surface area contributed by atoms with Crippen molar-refractivity contribution in [3.8, 4) is 0 Å². The molecule has 1 aliphatic heterocycles. The largest absolute Gasteiger partial charge is 0.296 e. The van der Waals surface area contributed by atoms with Crippen LogP contribution in [0.2, 0.25) is 0 Å². The maximum Gasteiger partial charge on any atom is 0.261 e. The molecular weight excluding hydrogens is 327 g/mol. The van der Waals surface area contributed by atoms with Crippen LogP contribution >= 0.6 is 0 Å². The molecule has 4 rings (SSSR count). The van der Waals surface area contributed by atoms with E-state index >= 15 is 0 Å². The van der Waals surface area contributed by atoms with Crippen LogP contribution in [0.4, 0.5) is 4.39 Å². The Morgan fingerprint density at radius 3 is 2.77 bits per heavy atom. The molecule has 0 amide bonds.